The van der Waals surface area contributed by atoms with E-state index in [2.05, 4.69) is 26.8 Å². The van der Waals surface area contributed by atoms with Gasteiger partial charge in [-0.25, -0.2) is 14.3 Å². The highest BCUT2D eigenvalue weighted by Crippen LogP contribution is 2.25. The summed E-state index contributed by atoms with van der Waals surface area (Å²) in [6.07, 6.45) is 2.04. The first-order valence-corrected chi connectivity index (χ1v) is 9.36. The fourth-order valence-electron chi connectivity index (χ4n) is 2.85. The minimum Gasteiger partial charge on any atom is -0.267 e. The Bertz CT molecular complexity index is 947. The van der Waals surface area contributed by atoms with E-state index in [-0.39, 0.29) is 11.0 Å². The van der Waals surface area contributed by atoms with Crippen molar-refractivity contribution in [1.82, 2.24) is 14.3 Å². The van der Waals surface area contributed by atoms with Gasteiger partial charge in [0.2, 0.25) is 0 Å². The maximum absolute atomic E-state index is 12.7. The first kappa shape index (κ1) is 16.8. The standard InChI is InChI=1S/C19H23N3OS/c1-6-21-18(23)14-11-10-13(24-5)12-15(14)22(21)17-9-7-8-16(20-17)19(2,3)4/h7-12H,6H2,1-5H3. The van der Waals surface area contributed by atoms with Crippen LogP contribution in [0.25, 0.3) is 16.7 Å². The average Bonchev–Trinajstić information content (AvgIpc) is 2.85. The Hall–Kier alpha value is -2.01. The highest BCUT2D eigenvalue weighted by atomic mass is 32.2. The molecule has 0 aliphatic carbocycles. The van der Waals surface area contributed by atoms with Crippen LogP contribution in [0, 0.1) is 0 Å². The van der Waals surface area contributed by atoms with E-state index < -0.39 is 0 Å². The summed E-state index contributed by atoms with van der Waals surface area (Å²) in [5.41, 5.74) is 1.91. The van der Waals surface area contributed by atoms with Gasteiger partial charge in [-0.2, -0.15) is 0 Å². The first-order chi connectivity index (χ1) is 11.4. The lowest BCUT2D eigenvalue weighted by molar-refractivity contribution is 0.546. The molecule has 2 aromatic heterocycles. The summed E-state index contributed by atoms with van der Waals surface area (Å²) in [6, 6.07) is 12.0. The van der Waals surface area contributed by atoms with E-state index in [0.717, 1.165) is 27.3 Å². The summed E-state index contributed by atoms with van der Waals surface area (Å²) in [5, 5.41) is 0.734. The van der Waals surface area contributed by atoms with Crippen molar-refractivity contribution in [2.45, 2.75) is 44.6 Å². The topological polar surface area (TPSA) is 39.8 Å². The van der Waals surface area contributed by atoms with Crippen molar-refractivity contribution in [3.63, 3.8) is 0 Å². The number of nitrogens with zero attached hydrogens (tertiary/aromatic N) is 3. The molecule has 0 aliphatic heterocycles. The molecular formula is C19H23N3OS. The molecule has 0 amide bonds. The molecule has 1 aromatic carbocycles. The van der Waals surface area contributed by atoms with Crippen LogP contribution in [0.4, 0.5) is 0 Å². The number of fused-ring (bicyclic) bond motifs is 1. The number of hydrogen-bond acceptors (Lipinski definition) is 3. The molecular weight excluding hydrogens is 318 g/mol. The molecule has 24 heavy (non-hydrogen) atoms. The van der Waals surface area contributed by atoms with Crippen LogP contribution in [0.1, 0.15) is 33.4 Å². The Morgan fingerprint density at radius 2 is 1.92 bits per heavy atom. The van der Waals surface area contributed by atoms with Gasteiger partial charge < -0.3 is 0 Å². The van der Waals surface area contributed by atoms with Crippen LogP contribution < -0.4 is 5.56 Å². The van der Waals surface area contributed by atoms with Crippen molar-refractivity contribution in [1.29, 1.82) is 0 Å². The van der Waals surface area contributed by atoms with Gasteiger partial charge in [-0.1, -0.05) is 26.8 Å². The molecule has 0 unspecified atom stereocenters. The fraction of sp³-hybridized carbons (Fsp3) is 0.368. The number of thioether (sulfide) groups is 1. The quantitative estimate of drug-likeness (QED) is 0.669. The van der Waals surface area contributed by atoms with Crippen LogP contribution in [0.3, 0.4) is 0 Å². The van der Waals surface area contributed by atoms with E-state index in [0.29, 0.717) is 6.54 Å². The molecule has 0 spiro atoms. The first-order valence-electron chi connectivity index (χ1n) is 8.14. The molecule has 5 heteroatoms. The van der Waals surface area contributed by atoms with Crippen LogP contribution in [-0.2, 0) is 12.0 Å². The predicted octanol–water partition coefficient (Wildman–Crippen LogP) is 4.23. The van der Waals surface area contributed by atoms with E-state index >= 15 is 0 Å². The number of aromatic nitrogens is 3. The summed E-state index contributed by atoms with van der Waals surface area (Å²) in [5.74, 6) is 0.787. The van der Waals surface area contributed by atoms with Gasteiger partial charge >= 0.3 is 0 Å². The van der Waals surface area contributed by atoms with Gasteiger partial charge in [0.05, 0.1) is 10.9 Å². The van der Waals surface area contributed by atoms with Crippen LogP contribution in [0.5, 0.6) is 0 Å². The largest absolute Gasteiger partial charge is 0.274 e. The normalized spacial score (nSPS) is 12.0. The molecule has 2 heterocycles. The lowest BCUT2D eigenvalue weighted by Gasteiger charge is -2.19. The zero-order chi connectivity index (χ0) is 17.5. The molecule has 3 rings (SSSR count). The van der Waals surface area contributed by atoms with Crippen molar-refractivity contribution in [3.05, 3.63) is 52.4 Å². The minimum absolute atomic E-state index is 0.0307. The maximum Gasteiger partial charge on any atom is 0.274 e. The molecule has 0 saturated carbocycles. The predicted molar refractivity (Wildman–Crippen MR) is 101 cm³/mol. The number of benzene rings is 1. The van der Waals surface area contributed by atoms with Crippen molar-refractivity contribution >= 4 is 22.7 Å². The molecule has 0 atom stereocenters. The van der Waals surface area contributed by atoms with E-state index in [1.807, 2.05) is 48.2 Å². The molecule has 126 valence electrons. The second kappa shape index (κ2) is 6.13. The molecule has 0 fully saturated rings. The SMILES string of the molecule is CCn1c(=O)c2ccc(SC)cc2n1-c1cccc(C(C)(C)C)n1. The van der Waals surface area contributed by atoms with E-state index in [4.69, 9.17) is 4.98 Å². The van der Waals surface area contributed by atoms with Gasteiger partial charge in [0.25, 0.3) is 5.56 Å². The van der Waals surface area contributed by atoms with Gasteiger partial charge in [-0.15, -0.1) is 11.8 Å². The van der Waals surface area contributed by atoms with Gasteiger partial charge in [-0.3, -0.25) is 4.79 Å². The smallest absolute Gasteiger partial charge is 0.267 e. The summed E-state index contributed by atoms with van der Waals surface area (Å²) in [6.45, 7) is 9.02. The monoisotopic (exact) mass is 341 g/mol. The number of rotatable bonds is 3. The Labute approximate surface area is 146 Å². The van der Waals surface area contributed by atoms with Gasteiger partial charge in [0, 0.05) is 22.5 Å². The summed E-state index contributed by atoms with van der Waals surface area (Å²) in [4.78, 5) is 18.7. The molecule has 0 bridgehead atoms. The molecule has 0 radical (unpaired) electrons. The van der Waals surface area contributed by atoms with Crippen molar-refractivity contribution in [3.8, 4) is 5.82 Å². The van der Waals surface area contributed by atoms with Crippen LogP contribution in [-0.4, -0.2) is 20.6 Å². The lowest BCUT2D eigenvalue weighted by Crippen LogP contribution is -2.22. The van der Waals surface area contributed by atoms with Gasteiger partial charge in [0.1, 0.15) is 0 Å². The Kier molecular flexibility index (Phi) is 4.30. The fourth-order valence-corrected chi connectivity index (χ4v) is 3.28. The summed E-state index contributed by atoms with van der Waals surface area (Å²) in [7, 11) is 0. The highest BCUT2D eigenvalue weighted by molar-refractivity contribution is 7.98. The third kappa shape index (κ3) is 2.77. The minimum atomic E-state index is -0.0409. The Morgan fingerprint density at radius 3 is 2.54 bits per heavy atom. The summed E-state index contributed by atoms with van der Waals surface area (Å²) >= 11 is 1.67. The van der Waals surface area contributed by atoms with Crippen LogP contribution in [0.15, 0.2) is 46.1 Å². The van der Waals surface area contributed by atoms with Gasteiger partial charge in [0.15, 0.2) is 5.82 Å². The zero-order valence-electron chi connectivity index (χ0n) is 14.8. The third-order valence-corrected chi connectivity index (χ3v) is 4.88. The second-order valence-electron chi connectivity index (χ2n) is 6.85. The van der Waals surface area contributed by atoms with E-state index in [1.165, 1.54) is 0 Å². The van der Waals surface area contributed by atoms with E-state index in [1.54, 1.807) is 16.4 Å². The van der Waals surface area contributed by atoms with Crippen molar-refractivity contribution in [2.75, 3.05) is 6.26 Å². The van der Waals surface area contributed by atoms with Crippen LogP contribution in [0.2, 0.25) is 0 Å². The average molecular weight is 341 g/mol. The van der Waals surface area contributed by atoms with Crippen molar-refractivity contribution < 1.29 is 0 Å². The molecule has 0 saturated heterocycles. The number of pyridine rings is 1. The molecule has 3 aromatic rings. The highest BCUT2D eigenvalue weighted by Gasteiger charge is 2.19. The maximum atomic E-state index is 12.7. The Balaban J connectivity index is 2.35. The summed E-state index contributed by atoms with van der Waals surface area (Å²) < 4.78 is 3.70. The molecule has 4 nitrogen and oxygen atoms in total. The molecule has 0 aliphatic rings. The second-order valence-corrected chi connectivity index (χ2v) is 7.73. The lowest BCUT2D eigenvalue weighted by atomic mass is 9.92. The van der Waals surface area contributed by atoms with Crippen molar-refractivity contribution in [2.24, 2.45) is 0 Å². The van der Waals surface area contributed by atoms with Crippen LogP contribution >= 0.6 is 11.8 Å². The molecule has 0 N–H and O–H groups in total. The third-order valence-electron chi connectivity index (χ3n) is 4.16. The zero-order valence-corrected chi connectivity index (χ0v) is 15.6. The number of hydrogen-bond donors (Lipinski definition) is 0. The van der Waals surface area contributed by atoms with E-state index in [9.17, 15) is 4.79 Å². The van der Waals surface area contributed by atoms with Gasteiger partial charge in [-0.05, 0) is 43.5 Å². The Morgan fingerprint density at radius 1 is 1.17 bits per heavy atom.